The van der Waals surface area contributed by atoms with E-state index in [1.54, 1.807) is 6.07 Å². The molecule has 0 bridgehead atoms. The Balaban J connectivity index is 2.17. The van der Waals surface area contributed by atoms with E-state index in [9.17, 15) is 20.2 Å². The minimum Gasteiger partial charge on any atom is -0.491 e. The molecule has 4 atom stereocenters. The zero-order chi connectivity index (χ0) is 23.0. The first-order valence-corrected chi connectivity index (χ1v) is 10.3. The third-order valence-electron chi connectivity index (χ3n) is 5.95. The largest absolute Gasteiger partial charge is 0.491 e. The van der Waals surface area contributed by atoms with E-state index in [2.05, 4.69) is 30.1 Å². The summed E-state index contributed by atoms with van der Waals surface area (Å²) in [5.74, 6) is 1.44. The standard InChI is InChI=1S/C21H31N3O7/c1-15-9-16(2)11-18(10-15)21(3,7-8-22)17-5-4-6-19(12-17)29-13-20(31-24(27)28)14-30-23(25)26/h4-6,12,16,18,20H,1,7-11,13-14,22H2,2-3H3. The zero-order valence-corrected chi connectivity index (χ0v) is 18.0. The topological polar surface area (TPSA) is 140 Å². The third-order valence-corrected chi connectivity index (χ3v) is 5.95. The van der Waals surface area contributed by atoms with Crippen LogP contribution >= 0.6 is 0 Å². The van der Waals surface area contributed by atoms with Crippen LogP contribution in [0.1, 0.15) is 45.1 Å². The second kappa shape index (κ2) is 10.9. The van der Waals surface area contributed by atoms with Gasteiger partial charge in [0.1, 0.15) is 19.0 Å². The van der Waals surface area contributed by atoms with Crippen LogP contribution in [0, 0.1) is 32.1 Å². The van der Waals surface area contributed by atoms with Gasteiger partial charge in [0.05, 0.1) is 0 Å². The van der Waals surface area contributed by atoms with E-state index in [4.69, 9.17) is 10.5 Å². The molecule has 1 saturated carbocycles. The Hall–Kier alpha value is -2.88. The first kappa shape index (κ1) is 24.4. The number of allylic oxidation sites excluding steroid dienone is 1. The average Bonchev–Trinajstić information content (AvgIpc) is 2.69. The summed E-state index contributed by atoms with van der Waals surface area (Å²) >= 11 is 0. The van der Waals surface area contributed by atoms with Crippen LogP contribution in [-0.4, -0.2) is 36.0 Å². The molecule has 1 aliphatic rings. The van der Waals surface area contributed by atoms with Gasteiger partial charge in [-0.25, -0.2) is 0 Å². The van der Waals surface area contributed by atoms with Crippen molar-refractivity contribution in [1.29, 1.82) is 0 Å². The van der Waals surface area contributed by atoms with Gasteiger partial charge in [-0.05, 0) is 67.2 Å². The summed E-state index contributed by atoms with van der Waals surface area (Å²) < 4.78 is 5.66. The van der Waals surface area contributed by atoms with Crippen molar-refractivity contribution in [2.24, 2.45) is 17.6 Å². The summed E-state index contributed by atoms with van der Waals surface area (Å²) in [4.78, 5) is 29.6. The number of hydrogen-bond donors (Lipinski definition) is 1. The van der Waals surface area contributed by atoms with Gasteiger partial charge in [0, 0.05) is 0 Å². The van der Waals surface area contributed by atoms with Crippen LogP contribution < -0.4 is 10.5 Å². The van der Waals surface area contributed by atoms with E-state index in [1.807, 2.05) is 18.2 Å². The molecule has 1 fully saturated rings. The molecule has 1 aromatic carbocycles. The summed E-state index contributed by atoms with van der Waals surface area (Å²) in [6.45, 7) is 8.31. The highest BCUT2D eigenvalue weighted by Crippen LogP contribution is 2.46. The van der Waals surface area contributed by atoms with Gasteiger partial charge in [-0.2, -0.15) is 0 Å². The van der Waals surface area contributed by atoms with Gasteiger partial charge in [-0.3, -0.25) is 0 Å². The van der Waals surface area contributed by atoms with Crippen LogP contribution in [0.3, 0.4) is 0 Å². The molecular weight excluding hydrogens is 406 g/mol. The molecular formula is C21H31N3O7. The molecule has 0 radical (unpaired) electrons. The number of ether oxygens (including phenoxy) is 1. The van der Waals surface area contributed by atoms with Crippen LogP contribution in [0.15, 0.2) is 36.4 Å². The SMILES string of the molecule is C=C1CC(C)CC(C(C)(CCN)c2cccc(OCC(CO[N+](=O)[O-])O[N+](=O)[O-])c2)C1. The molecule has 10 nitrogen and oxygen atoms in total. The number of nitrogens with two attached hydrogens (primary N) is 1. The summed E-state index contributed by atoms with van der Waals surface area (Å²) in [6, 6.07) is 7.52. The van der Waals surface area contributed by atoms with Gasteiger partial charge in [0.15, 0.2) is 6.10 Å². The third kappa shape index (κ3) is 7.09. The fourth-order valence-electron chi connectivity index (χ4n) is 4.45. The number of rotatable bonds is 12. The quantitative estimate of drug-likeness (QED) is 0.298. The molecule has 10 heteroatoms. The lowest BCUT2D eigenvalue weighted by Crippen LogP contribution is -2.37. The van der Waals surface area contributed by atoms with E-state index < -0.39 is 22.9 Å². The minimum absolute atomic E-state index is 0.183. The molecule has 2 rings (SSSR count). The van der Waals surface area contributed by atoms with Crippen molar-refractivity contribution in [2.75, 3.05) is 19.8 Å². The molecule has 2 N–H and O–H groups in total. The predicted octanol–water partition coefficient (Wildman–Crippen LogP) is 3.45. The fraction of sp³-hybridized carbons (Fsp3) is 0.619. The maximum Gasteiger partial charge on any atom is 0.294 e. The Bertz CT molecular complexity index is 788. The predicted molar refractivity (Wildman–Crippen MR) is 113 cm³/mol. The van der Waals surface area contributed by atoms with Crippen LogP contribution in [-0.2, 0) is 15.1 Å². The van der Waals surface area contributed by atoms with E-state index in [-0.39, 0.29) is 12.0 Å². The highest BCUT2D eigenvalue weighted by Gasteiger charge is 2.38. The van der Waals surface area contributed by atoms with Crippen LogP contribution in [0.2, 0.25) is 0 Å². The van der Waals surface area contributed by atoms with Crippen molar-refractivity contribution in [2.45, 2.75) is 51.0 Å². The van der Waals surface area contributed by atoms with Crippen molar-refractivity contribution in [3.8, 4) is 5.75 Å². The van der Waals surface area contributed by atoms with Crippen LogP contribution in [0.25, 0.3) is 0 Å². The zero-order valence-electron chi connectivity index (χ0n) is 18.0. The lowest BCUT2D eigenvalue weighted by atomic mass is 9.62. The summed E-state index contributed by atoms with van der Waals surface area (Å²) in [7, 11) is 0. The van der Waals surface area contributed by atoms with Gasteiger partial charge in [-0.1, -0.05) is 38.1 Å². The summed E-state index contributed by atoms with van der Waals surface area (Å²) in [5.41, 5.74) is 8.10. The summed E-state index contributed by atoms with van der Waals surface area (Å²) in [6.07, 6.45) is 2.63. The average molecular weight is 437 g/mol. The molecule has 0 aliphatic heterocycles. The first-order valence-electron chi connectivity index (χ1n) is 10.3. The van der Waals surface area contributed by atoms with Gasteiger partial charge in [0.2, 0.25) is 0 Å². The highest BCUT2D eigenvalue weighted by atomic mass is 17.0. The fourth-order valence-corrected chi connectivity index (χ4v) is 4.45. The number of nitrogens with zero attached hydrogens (tertiary/aromatic N) is 2. The van der Waals surface area contributed by atoms with Crippen molar-refractivity contribution < 1.29 is 24.6 Å². The van der Waals surface area contributed by atoms with Gasteiger partial charge < -0.3 is 20.1 Å². The Morgan fingerprint density at radius 2 is 2.00 bits per heavy atom. The smallest absolute Gasteiger partial charge is 0.294 e. The van der Waals surface area contributed by atoms with Crippen molar-refractivity contribution in [3.05, 3.63) is 62.2 Å². The molecule has 0 amide bonds. The van der Waals surface area contributed by atoms with E-state index in [1.165, 1.54) is 5.57 Å². The normalized spacial score (nSPS) is 21.6. The Morgan fingerprint density at radius 3 is 2.61 bits per heavy atom. The molecule has 0 heterocycles. The van der Waals surface area contributed by atoms with Gasteiger partial charge in [-0.15, -0.1) is 20.2 Å². The summed E-state index contributed by atoms with van der Waals surface area (Å²) in [5, 5.41) is 19.0. The molecule has 31 heavy (non-hydrogen) atoms. The molecule has 0 aromatic heterocycles. The minimum atomic E-state index is -1.23. The lowest BCUT2D eigenvalue weighted by molar-refractivity contribution is -0.790. The second-order valence-electron chi connectivity index (χ2n) is 8.46. The van der Waals surface area contributed by atoms with Crippen LogP contribution in [0.5, 0.6) is 5.75 Å². The van der Waals surface area contributed by atoms with Crippen molar-refractivity contribution in [3.63, 3.8) is 0 Å². The number of benzene rings is 1. The van der Waals surface area contributed by atoms with E-state index in [0.717, 1.165) is 31.2 Å². The maximum absolute atomic E-state index is 10.6. The van der Waals surface area contributed by atoms with E-state index in [0.29, 0.717) is 24.1 Å². The Labute approximate surface area is 181 Å². The highest BCUT2D eigenvalue weighted by molar-refractivity contribution is 5.35. The monoisotopic (exact) mass is 437 g/mol. The molecule has 172 valence electrons. The molecule has 0 saturated heterocycles. The second-order valence-corrected chi connectivity index (χ2v) is 8.46. The van der Waals surface area contributed by atoms with Gasteiger partial charge in [0.25, 0.3) is 10.2 Å². The van der Waals surface area contributed by atoms with Crippen molar-refractivity contribution in [1.82, 2.24) is 0 Å². The lowest BCUT2D eigenvalue weighted by Gasteiger charge is -2.43. The van der Waals surface area contributed by atoms with Gasteiger partial charge >= 0.3 is 0 Å². The first-order chi connectivity index (χ1) is 14.6. The van der Waals surface area contributed by atoms with Crippen molar-refractivity contribution >= 4 is 0 Å². The Morgan fingerprint density at radius 1 is 1.26 bits per heavy atom. The number of hydrogen-bond acceptors (Lipinski definition) is 8. The van der Waals surface area contributed by atoms with Crippen LogP contribution in [0.4, 0.5) is 0 Å². The van der Waals surface area contributed by atoms with E-state index >= 15 is 0 Å². The Kier molecular flexibility index (Phi) is 8.61. The molecule has 1 aromatic rings. The maximum atomic E-state index is 10.6. The molecule has 1 aliphatic carbocycles. The molecule has 4 unspecified atom stereocenters. The molecule has 0 spiro atoms.